The molecule has 2 unspecified atom stereocenters. The summed E-state index contributed by atoms with van der Waals surface area (Å²) >= 11 is 0. The van der Waals surface area contributed by atoms with E-state index in [1.165, 1.54) is 13.2 Å². The maximum absolute atomic E-state index is 14.0. The van der Waals surface area contributed by atoms with Gasteiger partial charge in [0, 0.05) is 17.6 Å². The second-order valence-corrected chi connectivity index (χ2v) is 5.38. The molecule has 0 spiro atoms. The molecule has 5 heteroatoms. The van der Waals surface area contributed by atoms with Crippen molar-refractivity contribution in [2.24, 2.45) is 0 Å². The predicted octanol–water partition coefficient (Wildman–Crippen LogP) is 1.17. The number of nitrogens with one attached hydrogen (secondary N) is 1. The average molecular weight is 267 g/mol. The molecule has 2 aliphatic rings. The summed E-state index contributed by atoms with van der Waals surface area (Å²) in [6, 6.07) is 4.65. The number of fused-ring (bicyclic) bond motifs is 2. The number of hydrogen-bond acceptors (Lipinski definition) is 4. The van der Waals surface area contributed by atoms with Crippen molar-refractivity contribution >= 4 is 0 Å². The van der Waals surface area contributed by atoms with E-state index in [2.05, 4.69) is 5.32 Å². The first kappa shape index (κ1) is 12.8. The van der Waals surface area contributed by atoms with E-state index in [0.29, 0.717) is 37.4 Å². The molecule has 0 saturated carbocycles. The fraction of sp³-hybridized carbons (Fsp3) is 0.571. The van der Waals surface area contributed by atoms with Crippen LogP contribution in [0.25, 0.3) is 0 Å². The number of hydrogen-bond donors (Lipinski definition) is 2. The molecule has 19 heavy (non-hydrogen) atoms. The zero-order chi connectivity index (χ0) is 13.5. The smallest absolute Gasteiger partial charge is 0.129 e. The molecule has 4 nitrogen and oxygen atoms in total. The van der Waals surface area contributed by atoms with E-state index in [1.807, 2.05) is 0 Å². The van der Waals surface area contributed by atoms with Gasteiger partial charge < -0.3 is 19.9 Å². The fourth-order valence-electron chi connectivity index (χ4n) is 3.12. The third-order valence-electron chi connectivity index (χ3n) is 3.95. The summed E-state index contributed by atoms with van der Waals surface area (Å²) in [6.07, 6.45) is 0.904. The van der Waals surface area contributed by atoms with E-state index in [0.717, 1.165) is 0 Å². The van der Waals surface area contributed by atoms with Crippen LogP contribution in [0, 0.1) is 5.82 Å². The molecule has 1 aromatic carbocycles. The summed E-state index contributed by atoms with van der Waals surface area (Å²) in [7, 11) is 1.53. The van der Waals surface area contributed by atoms with Gasteiger partial charge >= 0.3 is 0 Å². The molecular formula is C14H18FNO3. The predicted molar refractivity (Wildman–Crippen MR) is 67.6 cm³/mol. The number of rotatable bonds is 2. The highest BCUT2D eigenvalue weighted by Gasteiger charge is 2.43. The Morgan fingerprint density at radius 3 is 2.68 bits per heavy atom. The van der Waals surface area contributed by atoms with Gasteiger partial charge in [0.1, 0.15) is 11.6 Å². The van der Waals surface area contributed by atoms with Crippen molar-refractivity contribution < 1.29 is 19.0 Å². The number of halogens is 1. The first-order chi connectivity index (χ1) is 9.10. The van der Waals surface area contributed by atoms with Gasteiger partial charge in [0.15, 0.2) is 0 Å². The third-order valence-corrected chi connectivity index (χ3v) is 3.95. The fourth-order valence-corrected chi connectivity index (χ4v) is 3.12. The average Bonchev–Trinajstić information content (AvgIpc) is 2.38. The maximum atomic E-state index is 14.0. The molecule has 0 aromatic heterocycles. The summed E-state index contributed by atoms with van der Waals surface area (Å²) in [6.45, 7) is 1.12. The first-order valence-electron chi connectivity index (χ1n) is 6.51. The molecule has 0 amide bonds. The van der Waals surface area contributed by atoms with Crippen molar-refractivity contribution in [1.29, 1.82) is 0 Å². The van der Waals surface area contributed by atoms with Crippen molar-refractivity contribution in [2.45, 2.75) is 30.5 Å². The second-order valence-electron chi connectivity index (χ2n) is 5.38. The SMILES string of the molecule is COc1ccc(F)c(C2(O)CC3COCC(C2)N3)c1. The molecule has 2 heterocycles. The molecule has 104 valence electrons. The molecule has 1 aromatic rings. The molecule has 0 aliphatic carbocycles. The van der Waals surface area contributed by atoms with E-state index < -0.39 is 5.60 Å². The van der Waals surface area contributed by atoms with E-state index in [-0.39, 0.29) is 17.9 Å². The number of ether oxygens (including phenoxy) is 2. The minimum absolute atomic E-state index is 0.0723. The van der Waals surface area contributed by atoms with Gasteiger partial charge in [-0.2, -0.15) is 0 Å². The molecule has 2 bridgehead atoms. The Kier molecular flexibility index (Phi) is 3.20. The zero-order valence-corrected chi connectivity index (χ0v) is 10.9. The Morgan fingerprint density at radius 1 is 1.37 bits per heavy atom. The van der Waals surface area contributed by atoms with Crippen LogP contribution >= 0.6 is 0 Å². The van der Waals surface area contributed by atoms with E-state index in [9.17, 15) is 9.50 Å². The first-order valence-corrected chi connectivity index (χ1v) is 6.51. The summed E-state index contributed by atoms with van der Waals surface area (Å²) in [4.78, 5) is 0. The second kappa shape index (κ2) is 4.74. The van der Waals surface area contributed by atoms with Crippen LogP contribution in [0.2, 0.25) is 0 Å². The van der Waals surface area contributed by atoms with E-state index >= 15 is 0 Å². The highest BCUT2D eigenvalue weighted by Crippen LogP contribution is 2.39. The highest BCUT2D eigenvalue weighted by atomic mass is 19.1. The standard InChI is InChI=1S/C14H18FNO3/c1-18-11-2-3-13(15)12(4-11)14(17)5-9-7-19-8-10(6-14)16-9/h2-4,9-10,16-17H,5-8H2,1H3. The number of benzene rings is 1. The van der Waals surface area contributed by atoms with Crippen LogP contribution in [-0.2, 0) is 10.3 Å². The molecule has 0 radical (unpaired) electrons. The quantitative estimate of drug-likeness (QED) is 0.844. The van der Waals surface area contributed by atoms with Gasteiger partial charge in [-0.25, -0.2) is 4.39 Å². The maximum Gasteiger partial charge on any atom is 0.129 e. The Balaban J connectivity index is 1.95. The minimum atomic E-state index is -1.15. The monoisotopic (exact) mass is 267 g/mol. The van der Waals surface area contributed by atoms with Crippen LogP contribution in [0.3, 0.4) is 0 Å². The summed E-state index contributed by atoms with van der Waals surface area (Å²) in [5, 5.41) is 14.2. The van der Waals surface area contributed by atoms with Gasteiger partial charge in [0.25, 0.3) is 0 Å². The summed E-state index contributed by atoms with van der Waals surface area (Å²) < 4.78 is 24.6. The number of morpholine rings is 1. The van der Waals surface area contributed by atoms with Crippen LogP contribution < -0.4 is 10.1 Å². The lowest BCUT2D eigenvalue weighted by Gasteiger charge is -2.45. The molecule has 2 saturated heterocycles. The van der Waals surface area contributed by atoms with Gasteiger partial charge in [-0.15, -0.1) is 0 Å². The van der Waals surface area contributed by atoms with Crippen molar-refractivity contribution in [3.63, 3.8) is 0 Å². The van der Waals surface area contributed by atoms with Crippen molar-refractivity contribution in [2.75, 3.05) is 20.3 Å². The molecular weight excluding hydrogens is 249 g/mol. The Bertz CT molecular complexity index is 468. The van der Waals surface area contributed by atoms with E-state index in [4.69, 9.17) is 9.47 Å². The summed E-state index contributed by atoms with van der Waals surface area (Å²) in [5.74, 6) is 0.175. The van der Waals surface area contributed by atoms with Gasteiger partial charge in [-0.05, 0) is 31.0 Å². The number of aliphatic hydroxyl groups is 1. The lowest BCUT2D eigenvalue weighted by Crippen LogP contribution is -2.58. The Morgan fingerprint density at radius 2 is 2.05 bits per heavy atom. The van der Waals surface area contributed by atoms with Gasteiger partial charge in [-0.3, -0.25) is 0 Å². The van der Waals surface area contributed by atoms with Crippen molar-refractivity contribution in [3.8, 4) is 5.75 Å². The molecule has 2 aliphatic heterocycles. The zero-order valence-electron chi connectivity index (χ0n) is 10.9. The van der Waals surface area contributed by atoms with Crippen molar-refractivity contribution in [1.82, 2.24) is 5.32 Å². The van der Waals surface area contributed by atoms with Crippen LogP contribution in [0.5, 0.6) is 5.75 Å². The topological polar surface area (TPSA) is 50.7 Å². The molecule has 2 N–H and O–H groups in total. The Hall–Kier alpha value is -1.17. The van der Waals surface area contributed by atoms with Crippen LogP contribution in [0.1, 0.15) is 18.4 Å². The van der Waals surface area contributed by atoms with E-state index in [1.54, 1.807) is 12.1 Å². The molecule has 2 fully saturated rings. The largest absolute Gasteiger partial charge is 0.497 e. The molecule has 3 rings (SSSR count). The third kappa shape index (κ3) is 2.33. The normalized spacial score (nSPS) is 34.1. The summed E-state index contributed by atoms with van der Waals surface area (Å²) in [5.41, 5.74) is -0.826. The minimum Gasteiger partial charge on any atom is -0.497 e. The van der Waals surface area contributed by atoms with Crippen LogP contribution in [-0.4, -0.2) is 37.5 Å². The Labute approximate surface area is 111 Å². The lowest BCUT2D eigenvalue weighted by atomic mass is 9.78. The van der Waals surface area contributed by atoms with Crippen LogP contribution in [0.4, 0.5) is 4.39 Å². The number of methoxy groups -OCH3 is 1. The highest BCUT2D eigenvalue weighted by molar-refractivity contribution is 5.34. The van der Waals surface area contributed by atoms with Gasteiger partial charge in [-0.1, -0.05) is 0 Å². The lowest BCUT2D eigenvalue weighted by molar-refractivity contribution is -0.0818. The van der Waals surface area contributed by atoms with Gasteiger partial charge in [0.05, 0.1) is 25.9 Å². The van der Waals surface area contributed by atoms with Crippen LogP contribution in [0.15, 0.2) is 18.2 Å². The molecule has 2 atom stereocenters. The van der Waals surface area contributed by atoms with Crippen molar-refractivity contribution in [3.05, 3.63) is 29.6 Å². The number of piperidine rings is 1. The van der Waals surface area contributed by atoms with Gasteiger partial charge in [0.2, 0.25) is 0 Å².